The quantitative estimate of drug-likeness (QED) is 0.598. The lowest BCUT2D eigenvalue weighted by molar-refractivity contribution is -0.129. The molecule has 1 saturated heterocycles. The number of benzene rings is 1. The predicted molar refractivity (Wildman–Crippen MR) is 101 cm³/mol. The smallest absolute Gasteiger partial charge is 0.222 e. The van der Waals surface area contributed by atoms with Gasteiger partial charge in [0.2, 0.25) is 5.91 Å². The van der Waals surface area contributed by atoms with Gasteiger partial charge < -0.3 is 20.3 Å². The molecule has 2 unspecified atom stereocenters. The van der Waals surface area contributed by atoms with E-state index in [4.69, 9.17) is 16.3 Å². The number of carbonyl (C=O) groups is 1. The van der Waals surface area contributed by atoms with E-state index in [1.54, 1.807) is 19.2 Å². The maximum absolute atomic E-state index is 11.8. The summed E-state index contributed by atoms with van der Waals surface area (Å²) in [4.78, 5) is 17.9. The molecule has 0 aromatic heterocycles. The van der Waals surface area contributed by atoms with Crippen LogP contribution < -0.4 is 15.4 Å². The lowest BCUT2D eigenvalue weighted by atomic mass is 10.3. The van der Waals surface area contributed by atoms with E-state index in [-0.39, 0.29) is 18.1 Å². The average molecular weight is 367 g/mol. The van der Waals surface area contributed by atoms with Gasteiger partial charge in [-0.05, 0) is 37.6 Å². The Hall–Kier alpha value is -1.95. The van der Waals surface area contributed by atoms with Crippen LogP contribution in [-0.2, 0) is 4.79 Å². The fraction of sp³-hybridized carbons (Fsp3) is 0.556. The molecule has 1 aliphatic rings. The third kappa shape index (κ3) is 6.12. The Morgan fingerprint density at radius 2 is 2.16 bits per heavy atom. The second kappa shape index (κ2) is 9.51. The second-order valence-electron chi connectivity index (χ2n) is 6.16. The first-order valence-electron chi connectivity index (χ1n) is 8.69. The van der Waals surface area contributed by atoms with Crippen molar-refractivity contribution in [2.75, 3.05) is 26.7 Å². The highest BCUT2D eigenvalue weighted by atomic mass is 35.5. The summed E-state index contributed by atoms with van der Waals surface area (Å²) in [5.74, 6) is 1.71. The minimum Gasteiger partial charge on any atom is -0.489 e. The molecule has 25 heavy (non-hydrogen) atoms. The zero-order chi connectivity index (χ0) is 18.2. The van der Waals surface area contributed by atoms with E-state index in [9.17, 15) is 4.79 Å². The summed E-state index contributed by atoms with van der Waals surface area (Å²) in [6.45, 7) is 6.03. The highest BCUT2D eigenvalue weighted by Crippen LogP contribution is 2.16. The number of guanidine groups is 1. The van der Waals surface area contributed by atoms with E-state index >= 15 is 0 Å². The van der Waals surface area contributed by atoms with Crippen molar-refractivity contribution in [2.45, 2.75) is 38.8 Å². The lowest BCUT2D eigenvalue weighted by Crippen LogP contribution is -2.47. The molecule has 2 rings (SSSR count). The van der Waals surface area contributed by atoms with E-state index in [0.29, 0.717) is 18.0 Å². The highest BCUT2D eigenvalue weighted by molar-refractivity contribution is 6.30. The topological polar surface area (TPSA) is 66.0 Å². The molecule has 1 aromatic rings. The Kier molecular flexibility index (Phi) is 7.37. The standard InChI is InChI=1S/C18H27ClN4O2/c1-4-17(24)23-10-9-15(12-23)22-18(20-3)21-11-13(2)25-16-7-5-14(19)6-8-16/h5-8,13,15H,4,9-12H2,1-3H3,(H2,20,21,22). The van der Waals surface area contributed by atoms with Crippen LogP contribution >= 0.6 is 11.6 Å². The number of nitrogens with one attached hydrogen (secondary N) is 2. The first-order valence-corrected chi connectivity index (χ1v) is 9.06. The van der Waals surface area contributed by atoms with Gasteiger partial charge in [-0.1, -0.05) is 18.5 Å². The Morgan fingerprint density at radius 1 is 1.44 bits per heavy atom. The molecule has 1 aliphatic heterocycles. The number of hydrogen-bond donors (Lipinski definition) is 2. The summed E-state index contributed by atoms with van der Waals surface area (Å²) >= 11 is 5.87. The minimum absolute atomic E-state index is 0.0264. The molecule has 1 aromatic carbocycles. The number of ether oxygens (including phenoxy) is 1. The molecule has 6 nitrogen and oxygen atoms in total. The Bertz CT molecular complexity index is 591. The number of rotatable bonds is 6. The van der Waals surface area contributed by atoms with Gasteiger partial charge in [0.15, 0.2) is 5.96 Å². The molecule has 2 N–H and O–H groups in total. The molecule has 138 valence electrons. The Balaban J connectivity index is 1.74. The average Bonchev–Trinajstić information content (AvgIpc) is 3.08. The first-order chi connectivity index (χ1) is 12.0. The number of nitrogens with zero attached hydrogens (tertiary/aromatic N) is 2. The third-order valence-corrected chi connectivity index (χ3v) is 4.37. The summed E-state index contributed by atoms with van der Waals surface area (Å²) in [6.07, 6.45) is 1.46. The summed E-state index contributed by atoms with van der Waals surface area (Å²) in [7, 11) is 1.74. The number of amides is 1. The van der Waals surface area contributed by atoms with Gasteiger partial charge >= 0.3 is 0 Å². The van der Waals surface area contributed by atoms with E-state index in [1.165, 1.54) is 0 Å². The van der Waals surface area contributed by atoms with Gasteiger partial charge in [-0.2, -0.15) is 0 Å². The third-order valence-electron chi connectivity index (χ3n) is 4.12. The molecule has 0 aliphatic carbocycles. The summed E-state index contributed by atoms with van der Waals surface area (Å²) in [5, 5.41) is 7.33. The van der Waals surface area contributed by atoms with Crippen molar-refractivity contribution in [1.29, 1.82) is 0 Å². The number of halogens is 1. The van der Waals surface area contributed by atoms with Gasteiger partial charge in [-0.25, -0.2) is 0 Å². The van der Waals surface area contributed by atoms with E-state index in [0.717, 1.165) is 31.2 Å². The fourth-order valence-corrected chi connectivity index (χ4v) is 2.87. The van der Waals surface area contributed by atoms with Gasteiger partial charge in [0.05, 0.1) is 6.54 Å². The maximum atomic E-state index is 11.8. The van der Waals surface area contributed by atoms with Gasteiger partial charge in [0.25, 0.3) is 0 Å². The van der Waals surface area contributed by atoms with Crippen LogP contribution in [0.15, 0.2) is 29.3 Å². The van der Waals surface area contributed by atoms with Crippen LogP contribution in [0.5, 0.6) is 5.75 Å². The van der Waals surface area contributed by atoms with Gasteiger partial charge in [0.1, 0.15) is 11.9 Å². The predicted octanol–water partition coefficient (Wildman–Crippen LogP) is 2.28. The molecule has 7 heteroatoms. The Morgan fingerprint density at radius 3 is 2.80 bits per heavy atom. The normalized spacial score (nSPS) is 18.8. The van der Waals surface area contributed by atoms with E-state index < -0.39 is 0 Å². The largest absolute Gasteiger partial charge is 0.489 e. The molecular weight excluding hydrogens is 340 g/mol. The van der Waals surface area contributed by atoms with Crippen molar-refractivity contribution in [3.05, 3.63) is 29.3 Å². The highest BCUT2D eigenvalue weighted by Gasteiger charge is 2.25. The molecule has 0 spiro atoms. The number of hydrogen-bond acceptors (Lipinski definition) is 3. The molecular formula is C18H27ClN4O2. The summed E-state index contributed by atoms with van der Waals surface area (Å²) in [5.41, 5.74) is 0. The first kappa shape index (κ1) is 19.4. The van der Waals surface area contributed by atoms with Crippen LogP contribution in [0, 0.1) is 0 Å². The maximum Gasteiger partial charge on any atom is 0.222 e. The van der Waals surface area contributed by atoms with E-state index in [1.807, 2.05) is 30.9 Å². The molecule has 0 saturated carbocycles. The van der Waals surface area contributed by atoms with Crippen molar-refractivity contribution in [3.8, 4) is 5.75 Å². The van der Waals surface area contributed by atoms with Crippen LogP contribution in [0.2, 0.25) is 5.02 Å². The molecule has 1 heterocycles. The van der Waals surface area contributed by atoms with Gasteiger partial charge in [0, 0.05) is 37.6 Å². The van der Waals surface area contributed by atoms with Gasteiger partial charge in [-0.3, -0.25) is 9.79 Å². The minimum atomic E-state index is -0.0264. The molecule has 1 fully saturated rings. The molecule has 2 atom stereocenters. The fourth-order valence-electron chi connectivity index (χ4n) is 2.74. The van der Waals surface area contributed by atoms with Crippen LogP contribution in [0.4, 0.5) is 0 Å². The van der Waals surface area contributed by atoms with Crippen molar-refractivity contribution >= 4 is 23.5 Å². The van der Waals surface area contributed by atoms with Crippen LogP contribution in [0.3, 0.4) is 0 Å². The summed E-state index contributed by atoms with van der Waals surface area (Å²) in [6, 6.07) is 7.55. The SMILES string of the molecule is CCC(=O)N1CCC(NC(=NC)NCC(C)Oc2ccc(Cl)cc2)C1. The van der Waals surface area contributed by atoms with Crippen LogP contribution in [0.1, 0.15) is 26.7 Å². The van der Waals surface area contributed by atoms with Crippen LogP contribution in [0.25, 0.3) is 0 Å². The second-order valence-corrected chi connectivity index (χ2v) is 6.60. The summed E-state index contributed by atoms with van der Waals surface area (Å²) < 4.78 is 5.84. The number of likely N-dealkylation sites (tertiary alicyclic amines) is 1. The van der Waals surface area contributed by atoms with Crippen LogP contribution in [-0.4, -0.2) is 55.6 Å². The van der Waals surface area contributed by atoms with Crippen molar-refractivity contribution < 1.29 is 9.53 Å². The van der Waals surface area contributed by atoms with E-state index in [2.05, 4.69) is 15.6 Å². The van der Waals surface area contributed by atoms with Crippen molar-refractivity contribution in [3.63, 3.8) is 0 Å². The number of carbonyl (C=O) groups excluding carboxylic acids is 1. The lowest BCUT2D eigenvalue weighted by Gasteiger charge is -2.21. The monoisotopic (exact) mass is 366 g/mol. The van der Waals surface area contributed by atoms with Gasteiger partial charge in [-0.15, -0.1) is 0 Å². The number of aliphatic imine (C=N–C) groups is 1. The zero-order valence-corrected chi connectivity index (χ0v) is 15.8. The zero-order valence-electron chi connectivity index (χ0n) is 15.1. The Labute approximate surface area is 154 Å². The van der Waals surface area contributed by atoms with Crippen molar-refractivity contribution in [2.24, 2.45) is 4.99 Å². The molecule has 1 amide bonds. The van der Waals surface area contributed by atoms with Crippen molar-refractivity contribution in [1.82, 2.24) is 15.5 Å². The molecule has 0 bridgehead atoms. The molecule has 0 radical (unpaired) electrons.